The van der Waals surface area contributed by atoms with E-state index in [-0.39, 0.29) is 0 Å². The number of piperazine rings is 1. The molecule has 8 nitrogen and oxygen atoms in total. The maximum atomic E-state index is 5.52. The standard InChI is InChI=1S/C19H19N7O/c1-2-19(22-26-8-7-21-18(1)26)25-11-9-24(10-12-25)14-16-13-17(23-27-16)15-3-5-20-6-4-15/h1-8,13H,9-12,14H2. The van der Waals surface area contributed by atoms with E-state index in [4.69, 9.17) is 4.52 Å². The quantitative estimate of drug-likeness (QED) is 0.551. The first kappa shape index (κ1) is 16.0. The molecule has 0 radical (unpaired) electrons. The molecule has 0 atom stereocenters. The van der Waals surface area contributed by atoms with Crippen molar-refractivity contribution in [3.05, 3.63) is 60.9 Å². The van der Waals surface area contributed by atoms with Gasteiger partial charge in [0.2, 0.25) is 0 Å². The lowest BCUT2D eigenvalue weighted by molar-refractivity contribution is 0.219. The average Bonchev–Trinajstić information content (AvgIpc) is 3.38. The van der Waals surface area contributed by atoms with Crippen LogP contribution in [0.4, 0.5) is 5.82 Å². The number of hydrogen-bond donors (Lipinski definition) is 0. The minimum absolute atomic E-state index is 0.764. The SMILES string of the molecule is c1cc(-c2cc(CN3CCN(c4ccc5nccn5n4)CC3)on2)ccn1. The van der Waals surface area contributed by atoms with Crippen molar-refractivity contribution in [1.29, 1.82) is 0 Å². The number of fused-ring (bicyclic) bond motifs is 1. The van der Waals surface area contributed by atoms with E-state index in [2.05, 4.69) is 30.0 Å². The van der Waals surface area contributed by atoms with Crippen LogP contribution in [-0.4, -0.2) is 55.8 Å². The summed E-state index contributed by atoms with van der Waals surface area (Å²) in [6.07, 6.45) is 7.16. The van der Waals surface area contributed by atoms with Crippen molar-refractivity contribution < 1.29 is 4.52 Å². The Kier molecular flexibility index (Phi) is 4.02. The molecule has 0 unspecified atom stereocenters. The number of rotatable bonds is 4. The first-order chi connectivity index (χ1) is 13.3. The molecule has 27 heavy (non-hydrogen) atoms. The smallest absolute Gasteiger partial charge is 0.153 e. The Morgan fingerprint density at radius 3 is 2.67 bits per heavy atom. The van der Waals surface area contributed by atoms with E-state index >= 15 is 0 Å². The van der Waals surface area contributed by atoms with E-state index in [1.165, 1.54) is 0 Å². The van der Waals surface area contributed by atoms with Crippen molar-refractivity contribution in [2.75, 3.05) is 31.1 Å². The highest BCUT2D eigenvalue weighted by molar-refractivity contribution is 5.57. The van der Waals surface area contributed by atoms with Gasteiger partial charge in [-0.2, -0.15) is 0 Å². The van der Waals surface area contributed by atoms with E-state index in [0.29, 0.717) is 0 Å². The summed E-state index contributed by atoms with van der Waals surface area (Å²) in [7, 11) is 0. The van der Waals surface area contributed by atoms with Crippen molar-refractivity contribution in [3.63, 3.8) is 0 Å². The lowest BCUT2D eigenvalue weighted by atomic mass is 10.2. The Balaban J connectivity index is 1.21. The van der Waals surface area contributed by atoms with Gasteiger partial charge in [0.1, 0.15) is 11.5 Å². The van der Waals surface area contributed by atoms with Crippen molar-refractivity contribution in [1.82, 2.24) is 29.6 Å². The number of nitrogens with zero attached hydrogens (tertiary/aromatic N) is 7. The van der Waals surface area contributed by atoms with Gasteiger partial charge in [0.25, 0.3) is 0 Å². The van der Waals surface area contributed by atoms with Crippen LogP contribution in [0.1, 0.15) is 5.76 Å². The zero-order valence-corrected chi connectivity index (χ0v) is 14.8. The van der Waals surface area contributed by atoms with Crippen molar-refractivity contribution in [3.8, 4) is 11.3 Å². The molecule has 5 rings (SSSR count). The molecule has 0 N–H and O–H groups in total. The second kappa shape index (κ2) is 6.81. The van der Waals surface area contributed by atoms with Gasteiger partial charge in [-0.15, -0.1) is 5.10 Å². The topological polar surface area (TPSA) is 75.6 Å². The molecule has 0 amide bonds. The van der Waals surface area contributed by atoms with Crippen LogP contribution in [0.3, 0.4) is 0 Å². The van der Waals surface area contributed by atoms with Gasteiger partial charge in [-0.05, 0) is 24.3 Å². The number of aromatic nitrogens is 5. The van der Waals surface area contributed by atoms with Crippen LogP contribution in [0.15, 0.2) is 59.6 Å². The Bertz CT molecular complexity index is 1030. The average molecular weight is 361 g/mol. The van der Waals surface area contributed by atoms with Gasteiger partial charge in [0, 0.05) is 62.6 Å². The van der Waals surface area contributed by atoms with Crippen LogP contribution < -0.4 is 4.90 Å². The molecule has 0 spiro atoms. The van der Waals surface area contributed by atoms with E-state index in [1.54, 1.807) is 18.6 Å². The highest BCUT2D eigenvalue weighted by Crippen LogP contribution is 2.20. The van der Waals surface area contributed by atoms with Gasteiger partial charge >= 0.3 is 0 Å². The highest BCUT2D eigenvalue weighted by Gasteiger charge is 2.20. The molecule has 8 heteroatoms. The summed E-state index contributed by atoms with van der Waals surface area (Å²) >= 11 is 0. The van der Waals surface area contributed by atoms with Gasteiger partial charge < -0.3 is 9.42 Å². The Labute approximate surface area is 156 Å². The number of pyridine rings is 1. The second-order valence-corrected chi connectivity index (χ2v) is 6.60. The zero-order chi connectivity index (χ0) is 18.1. The van der Waals surface area contributed by atoms with E-state index in [9.17, 15) is 0 Å². The Morgan fingerprint density at radius 2 is 1.81 bits per heavy atom. The molecule has 5 heterocycles. The number of imidazole rings is 1. The molecule has 1 aliphatic rings. The molecule has 1 fully saturated rings. The Hall–Kier alpha value is -3.26. The zero-order valence-electron chi connectivity index (χ0n) is 14.8. The fourth-order valence-electron chi connectivity index (χ4n) is 3.38. The van der Waals surface area contributed by atoms with E-state index < -0.39 is 0 Å². The lowest BCUT2D eigenvalue weighted by Crippen LogP contribution is -2.46. The van der Waals surface area contributed by atoms with Crippen molar-refractivity contribution in [2.24, 2.45) is 0 Å². The van der Waals surface area contributed by atoms with Crippen molar-refractivity contribution >= 4 is 11.5 Å². The molecular formula is C19H19N7O. The molecule has 1 aliphatic heterocycles. The third-order valence-corrected chi connectivity index (χ3v) is 4.85. The van der Waals surface area contributed by atoms with Gasteiger partial charge in [-0.3, -0.25) is 9.88 Å². The first-order valence-corrected chi connectivity index (χ1v) is 8.99. The van der Waals surface area contributed by atoms with E-state index in [1.807, 2.05) is 41.0 Å². The second-order valence-electron chi connectivity index (χ2n) is 6.60. The predicted molar refractivity (Wildman–Crippen MR) is 100 cm³/mol. The number of anilines is 1. The molecule has 4 aromatic rings. The summed E-state index contributed by atoms with van der Waals surface area (Å²) in [5.74, 6) is 1.87. The molecule has 0 saturated carbocycles. The largest absolute Gasteiger partial charge is 0.359 e. The summed E-state index contributed by atoms with van der Waals surface area (Å²) in [6, 6.07) is 9.92. The minimum Gasteiger partial charge on any atom is -0.359 e. The fourth-order valence-corrected chi connectivity index (χ4v) is 3.38. The molecule has 1 saturated heterocycles. The fraction of sp³-hybridized carbons (Fsp3) is 0.263. The van der Waals surface area contributed by atoms with Gasteiger partial charge in [-0.1, -0.05) is 5.16 Å². The molecular weight excluding hydrogens is 342 g/mol. The molecule has 136 valence electrons. The van der Waals surface area contributed by atoms with Gasteiger partial charge in [0.15, 0.2) is 11.4 Å². The van der Waals surface area contributed by atoms with E-state index in [0.717, 1.165) is 61.2 Å². The van der Waals surface area contributed by atoms with Crippen LogP contribution in [0, 0.1) is 0 Å². The summed E-state index contributed by atoms with van der Waals surface area (Å²) in [5.41, 5.74) is 2.74. The highest BCUT2D eigenvalue weighted by atomic mass is 16.5. The molecule has 0 aliphatic carbocycles. The van der Waals surface area contributed by atoms with Crippen molar-refractivity contribution in [2.45, 2.75) is 6.54 Å². The summed E-state index contributed by atoms with van der Waals surface area (Å²) in [6.45, 7) is 4.53. The molecule has 4 aromatic heterocycles. The van der Waals surface area contributed by atoms with Crippen LogP contribution in [-0.2, 0) is 6.54 Å². The van der Waals surface area contributed by atoms with Crippen LogP contribution >= 0.6 is 0 Å². The third-order valence-electron chi connectivity index (χ3n) is 4.85. The predicted octanol–water partition coefficient (Wildman–Crippen LogP) is 2.10. The van der Waals surface area contributed by atoms with Gasteiger partial charge in [0.05, 0.1) is 6.54 Å². The summed E-state index contributed by atoms with van der Waals surface area (Å²) < 4.78 is 7.34. The first-order valence-electron chi connectivity index (χ1n) is 8.99. The Morgan fingerprint density at radius 1 is 0.963 bits per heavy atom. The number of hydrogen-bond acceptors (Lipinski definition) is 7. The normalized spacial score (nSPS) is 15.5. The van der Waals surface area contributed by atoms with Gasteiger partial charge in [-0.25, -0.2) is 9.50 Å². The molecule has 0 bridgehead atoms. The minimum atomic E-state index is 0.764. The summed E-state index contributed by atoms with van der Waals surface area (Å²) in [4.78, 5) is 13.0. The molecule has 0 aromatic carbocycles. The summed E-state index contributed by atoms with van der Waals surface area (Å²) in [5, 5.41) is 8.81. The lowest BCUT2D eigenvalue weighted by Gasteiger charge is -2.34. The maximum absolute atomic E-state index is 5.52. The van der Waals surface area contributed by atoms with Crippen LogP contribution in [0.25, 0.3) is 16.9 Å². The maximum Gasteiger partial charge on any atom is 0.153 e. The third kappa shape index (κ3) is 3.26. The van der Waals surface area contributed by atoms with Crippen LogP contribution in [0.5, 0.6) is 0 Å². The van der Waals surface area contributed by atoms with Crippen LogP contribution in [0.2, 0.25) is 0 Å². The monoisotopic (exact) mass is 361 g/mol.